The zero-order chi connectivity index (χ0) is 14.0. The third-order valence-corrected chi connectivity index (χ3v) is 3.46. The second-order valence-corrected chi connectivity index (χ2v) is 5.19. The Morgan fingerprint density at radius 1 is 1.53 bits per heavy atom. The van der Waals surface area contributed by atoms with Crippen molar-refractivity contribution in [2.24, 2.45) is 0 Å². The van der Waals surface area contributed by atoms with Gasteiger partial charge in [-0.25, -0.2) is 4.79 Å². The standard InChI is InChI=1S/C12H13BrN2O4/c1-7-5-15(6-10(19-7)12(17)18)11(16)8-2-3-14-4-9(8)13/h2-4,7,10H,5-6H2,1H3,(H,17,18)/t7-,10?/m1/s1. The van der Waals surface area contributed by atoms with E-state index in [1.807, 2.05) is 0 Å². The summed E-state index contributed by atoms with van der Waals surface area (Å²) < 4.78 is 5.87. The molecule has 7 heteroatoms. The van der Waals surface area contributed by atoms with Gasteiger partial charge in [-0.15, -0.1) is 0 Å². The van der Waals surface area contributed by atoms with E-state index in [4.69, 9.17) is 9.84 Å². The summed E-state index contributed by atoms with van der Waals surface area (Å²) in [6.45, 7) is 2.17. The normalized spacial score (nSPS) is 23.2. The summed E-state index contributed by atoms with van der Waals surface area (Å²) in [5, 5.41) is 9.00. The van der Waals surface area contributed by atoms with Crippen molar-refractivity contribution in [3.05, 3.63) is 28.5 Å². The van der Waals surface area contributed by atoms with E-state index in [0.717, 1.165) is 0 Å². The zero-order valence-corrected chi connectivity index (χ0v) is 11.8. The third kappa shape index (κ3) is 3.10. The van der Waals surface area contributed by atoms with E-state index in [1.165, 1.54) is 17.3 Å². The Balaban J connectivity index is 2.19. The third-order valence-electron chi connectivity index (χ3n) is 2.83. The molecule has 1 aromatic rings. The molecule has 1 unspecified atom stereocenters. The van der Waals surface area contributed by atoms with Crippen LogP contribution in [-0.4, -0.2) is 52.2 Å². The summed E-state index contributed by atoms with van der Waals surface area (Å²) in [7, 11) is 0. The van der Waals surface area contributed by atoms with Gasteiger partial charge in [0.15, 0.2) is 6.10 Å². The lowest BCUT2D eigenvalue weighted by atomic mass is 10.1. The largest absolute Gasteiger partial charge is 0.479 e. The number of hydrogen-bond acceptors (Lipinski definition) is 4. The lowest BCUT2D eigenvalue weighted by Crippen LogP contribution is -2.51. The summed E-state index contributed by atoms with van der Waals surface area (Å²) in [6.07, 6.45) is 1.77. The first-order chi connectivity index (χ1) is 8.99. The molecule has 19 heavy (non-hydrogen) atoms. The number of amides is 1. The van der Waals surface area contributed by atoms with Crippen LogP contribution < -0.4 is 0 Å². The number of rotatable bonds is 2. The van der Waals surface area contributed by atoms with Gasteiger partial charge in [0.2, 0.25) is 0 Å². The van der Waals surface area contributed by atoms with Crippen molar-refractivity contribution in [3.63, 3.8) is 0 Å². The summed E-state index contributed by atoms with van der Waals surface area (Å²) in [5.74, 6) is -1.28. The fourth-order valence-electron chi connectivity index (χ4n) is 1.97. The summed E-state index contributed by atoms with van der Waals surface area (Å²) in [6, 6.07) is 1.60. The van der Waals surface area contributed by atoms with Crippen LogP contribution in [0.15, 0.2) is 22.9 Å². The van der Waals surface area contributed by atoms with E-state index < -0.39 is 12.1 Å². The van der Waals surface area contributed by atoms with Gasteiger partial charge >= 0.3 is 5.97 Å². The summed E-state index contributed by atoms with van der Waals surface area (Å²) in [5.41, 5.74) is 0.466. The van der Waals surface area contributed by atoms with Crippen molar-refractivity contribution in [2.75, 3.05) is 13.1 Å². The number of carbonyl (C=O) groups excluding carboxylic acids is 1. The minimum atomic E-state index is -1.06. The molecule has 1 aliphatic rings. The minimum absolute atomic E-state index is 0.0489. The van der Waals surface area contributed by atoms with Gasteiger partial charge in [-0.1, -0.05) is 0 Å². The van der Waals surface area contributed by atoms with Crippen LogP contribution in [-0.2, 0) is 9.53 Å². The average Bonchev–Trinajstić information content (AvgIpc) is 2.37. The van der Waals surface area contributed by atoms with Gasteiger partial charge < -0.3 is 14.7 Å². The lowest BCUT2D eigenvalue weighted by molar-refractivity contribution is -0.160. The summed E-state index contributed by atoms with van der Waals surface area (Å²) in [4.78, 5) is 28.7. The maximum absolute atomic E-state index is 12.4. The highest BCUT2D eigenvalue weighted by atomic mass is 79.9. The molecule has 0 radical (unpaired) electrons. The molecule has 1 amide bonds. The van der Waals surface area contributed by atoms with Gasteiger partial charge in [-0.2, -0.15) is 0 Å². The average molecular weight is 329 g/mol. The molecule has 1 N–H and O–H groups in total. The monoisotopic (exact) mass is 328 g/mol. The van der Waals surface area contributed by atoms with Crippen LogP contribution in [0.1, 0.15) is 17.3 Å². The van der Waals surface area contributed by atoms with Crippen LogP contribution in [0, 0.1) is 0 Å². The molecule has 102 valence electrons. The number of carboxylic acid groups (broad SMARTS) is 1. The highest BCUT2D eigenvalue weighted by Gasteiger charge is 2.33. The highest BCUT2D eigenvalue weighted by Crippen LogP contribution is 2.19. The smallest absolute Gasteiger partial charge is 0.334 e. The number of hydrogen-bond donors (Lipinski definition) is 1. The number of morpholine rings is 1. The second-order valence-electron chi connectivity index (χ2n) is 4.34. The predicted molar refractivity (Wildman–Crippen MR) is 69.8 cm³/mol. The van der Waals surface area contributed by atoms with Crippen molar-refractivity contribution in [3.8, 4) is 0 Å². The molecule has 1 aliphatic heterocycles. The van der Waals surface area contributed by atoms with Crippen LogP contribution in [0.2, 0.25) is 0 Å². The van der Waals surface area contributed by atoms with Crippen LogP contribution in [0.5, 0.6) is 0 Å². The molecule has 0 bridgehead atoms. The van der Waals surface area contributed by atoms with Crippen molar-refractivity contribution in [1.29, 1.82) is 0 Å². The van der Waals surface area contributed by atoms with Gasteiger partial charge in [0, 0.05) is 23.4 Å². The van der Waals surface area contributed by atoms with Gasteiger partial charge in [0.05, 0.1) is 18.2 Å². The topological polar surface area (TPSA) is 79.7 Å². The molecule has 2 atom stereocenters. The van der Waals surface area contributed by atoms with Crippen molar-refractivity contribution < 1.29 is 19.4 Å². The van der Waals surface area contributed by atoms with E-state index in [-0.39, 0.29) is 18.6 Å². The minimum Gasteiger partial charge on any atom is -0.479 e. The highest BCUT2D eigenvalue weighted by molar-refractivity contribution is 9.10. The Labute approximate surface area is 118 Å². The number of halogens is 1. The van der Waals surface area contributed by atoms with Gasteiger partial charge in [0.1, 0.15) is 0 Å². The number of nitrogens with zero attached hydrogens (tertiary/aromatic N) is 2. The van der Waals surface area contributed by atoms with E-state index in [1.54, 1.807) is 13.0 Å². The van der Waals surface area contributed by atoms with E-state index in [9.17, 15) is 9.59 Å². The lowest BCUT2D eigenvalue weighted by Gasteiger charge is -2.35. The van der Waals surface area contributed by atoms with Gasteiger partial charge in [-0.05, 0) is 28.9 Å². The van der Waals surface area contributed by atoms with Crippen molar-refractivity contribution in [2.45, 2.75) is 19.1 Å². The molecule has 1 fully saturated rings. The van der Waals surface area contributed by atoms with Crippen LogP contribution in [0.25, 0.3) is 0 Å². The van der Waals surface area contributed by atoms with Gasteiger partial charge in [0.25, 0.3) is 5.91 Å². The molecule has 0 saturated carbocycles. The molecule has 2 heterocycles. The fraction of sp³-hybridized carbons (Fsp3) is 0.417. The molecule has 6 nitrogen and oxygen atoms in total. The van der Waals surface area contributed by atoms with E-state index >= 15 is 0 Å². The Morgan fingerprint density at radius 3 is 2.89 bits per heavy atom. The van der Waals surface area contributed by atoms with Crippen LogP contribution in [0.3, 0.4) is 0 Å². The quantitative estimate of drug-likeness (QED) is 0.881. The number of aliphatic carboxylic acids is 1. The number of aromatic nitrogens is 1. The zero-order valence-electron chi connectivity index (χ0n) is 10.2. The summed E-state index contributed by atoms with van der Waals surface area (Å²) >= 11 is 3.27. The molecule has 0 spiro atoms. The first kappa shape index (κ1) is 14.0. The number of carbonyl (C=O) groups is 2. The molecule has 1 saturated heterocycles. The number of carboxylic acids is 1. The first-order valence-corrected chi connectivity index (χ1v) is 6.55. The second kappa shape index (κ2) is 5.66. The fourth-order valence-corrected chi connectivity index (χ4v) is 2.39. The Kier molecular flexibility index (Phi) is 4.16. The number of ether oxygens (including phenoxy) is 1. The molecule has 0 aromatic carbocycles. The molecule has 2 rings (SSSR count). The number of pyridine rings is 1. The molecule has 0 aliphatic carbocycles. The first-order valence-electron chi connectivity index (χ1n) is 5.76. The molecular weight excluding hydrogens is 316 g/mol. The van der Waals surface area contributed by atoms with E-state index in [2.05, 4.69) is 20.9 Å². The van der Waals surface area contributed by atoms with Crippen LogP contribution >= 0.6 is 15.9 Å². The van der Waals surface area contributed by atoms with E-state index in [0.29, 0.717) is 16.6 Å². The van der Waals surface area contributed by atoms with Crippen molar-refractivity contribution >= 4 is 27.8 Å². The SMILES string of the molecule is C[C@@H]1CN(C(=O)c2ccncc2Br)CC(C(=O)O)O1. The Morgan fingerprint density at radius 2 is 2.26 bits per heavy atom. The van der Waals surface area contributed by atoms with Crippen molar-refractivity contribution in [1.82, 2.24) is 9.88 Å². The van der Waals surface area contributed by atoms with Gasteiger partial charge in [-0.3, -0.25) is 9.78 Å². The Hall–Kier alpha value is -1.47. The van der Waals surface area contributed by atoms with Crippen LogP contribution in [0.4, 0.5) is 0 Å². The predicted octanol–water partition coefficient (Wildman–Crippen LogP) is 1.16. The molecule has 1 aromatic heterocycles. The molecular formula is C12H13BrN2O4. The maximum Gasteiger partial charge on any atom is 0.334 e. The Bertz CT molecular complexity index is 508. The maximum atomic E-state index is 12.4.